The standard InChI is InChI=1S/C32H41NO7/c1-3-4-10-21-38-32(37)33-20-12-18-26-22-27(34)23(2)13-8-9-14-24-17-11-19-28(29(24)31(36)39-26)40-30(35)25-15-6-5-7-16-25/h5-7,11-12,15-17,19-20,23,26-27,34H,3-4,8-10,13-14,18,21-22H2,1-2H3,(H,33,37)/t23-,26-,27+/m0/s1. The van der Waals surface area contributed by atoms with E-state index in [2.05, 4.69) is 12.2 Å². The van der Waals surface area contributed by atoms with Gasteiger partial charge in [-0.2, -0.15) is 0 Å². The van der Waals surface area contributed by atoms with Crippen molar-refractivity contribution in [1.82, 2.24) is 5.32 Å². The Morgan fingerprint density at radius 3 is 2.67 bits per heavy atom. The fourth-order valence-corrected chi connectivity index (χ4v) is 4.62. The molecule has 40 heavy (non-hydrogen) atoms. The zero-order valence-corrected chi connectivity index (χ0v) is 23.5. The number of aryl methyl sites for hydroxylation is 1. The number of carbonyl (C=O) groups is 3. The average molecular weight is 552 g/mol. The molecule has 0 saturated carbocycles. The summed E-state index contributed by atoms with van der Waals surface area (Å²) in [5.74, 6) is -1.000. The molecule has 0 spiro atoms. The van der Waals surface area contributed by atoms with E-state index in [4.69, 9.17) is 14.2 Å². The van der Waals surface area contributed by atoms with Crippen LogP contribution in [0.4, 0.5) is 4.79 Å². The zero-order chi connectivity index (χ0) is 28.7. The molecule has 2 aromatic carbocycles. The van der Waals surface area contributed by atoms with E-state index in [1.165, 1.54) is 6.20 Å². The lowest BCUT2D eigenvalue weighted by molar-refractivity contribution is 0.00529. The number of amides is 1. The second-order valence-corrected chi connectivity index (χ2v) is 10.2. The molecule has 1 amide bonds. The molecule has 0 aliphatic carbocycles. The summed E-state index contributed by atoms with van der Waals surface area (Å²) < 4.78 is 16.7. The van der Waals surface area contributed by atoms with Crippen LogP contribution in [0.5, 0.6) is 5.75 Å². The highest BCUT2D eigenvalue weighted by Gasteiger charge is 2.27. The number of benzene rings is 2. The maximum atomic E-state index is 13.6. The number of rotatable bonds is 9. The molecule has 0 unspecified atom stereocenters. The largest absolute Gasteiger partial charge is 0.458 e. The van der Waals surface area contributed by atoms with Gasteiger partial charge < -0.3 is 19.3 Å². The first-order valence-corrected chi connectivity index (χ1v) is 14.3. The molecule has 0 radical (unpaired) electrons. The number of cyclic esters (lactones) is 1. The third kappa shape index (κ3) is 9.83. The van der Waals surface area contributed by atoms with Crippen LogP contribution < -0.4 is 10.1 Å². The van der Waals surface area contributed by atoms with Gasteiger partial charge in [-0.15, -0.1) is 0 Å². The number of fused-ring (bicyclic) bond motifs is 1. The smallest absolute Gasteiger partial charge is 0.411 e. The molecular formula is C32H41NO7. The van der Waals surface area contributed by atoms with Crippen molar-refractivity contribution in [2.24, 2.45) is 5.92 Å². The fraction of sp³-hybridized carbons (Fsp3) is 0.469. The second kappa shape index (κ2) is 16.5. The number of aliphatic hydroxyl groups excluding tert-OH is 1. The molecule has 0 aromatic heterocycles. The summed E-state index contributed by atoms with van der Waals surface area (Å²) in [5, 5.41) is 13.4. The Labute approximate surface area is 236 Å². The van der Waals surface area contributed by atoms with Gasteiger partial charge in [-0.25, -0.2) is 14.4 Å². The van der Waals surface area contributed by atoms with Gasteiger partial charge >= 0.3 is 18.0 Å². The van der Waals surface area contributed by atoms with E-state index in [0.29, 0.717) is 18.6 Å². The summed E-state index contributed by atoms with van der Waals surface area (Å²) in [6.45, 7) is 4.43. The van der Waals surface area contributed by atoms with Crippen LogP contribution in [-0.4, -0.2) is 42.0 Å². The number of hydrogen-bond acceptors (Lipinski definition) is 7. The van der Waals surface area contributed by atoms with E-state index in [-0.39, 0.29) is 30.1 Å². The topological polar surface area (TPSA) is 111 Å². The quantitative estimate of drug-likeness (QED) is 0.212. The van der Waals surface area contributed by atoms with Gasteiger partial charge in [-0.05, 0) is 55.4 Å². The van der Waals surface area contributed by atoms with E-state index in [1.54, 1.807) is 48.5 Å². The first kappa shape index (κ1) is 30.9. The maximum Gasteiger partial charge on any atom is 0.411 e. The molecule has 3 atom stereocenters. The third-order valence-electron chi connectivity index (χ3n) is 7.02. The Bertz CT molecular complexity index is 1130. The van der Waals surface area contributed by atoms with Crippen molar-refractivity contribution in [2.45, 2.75) is 83.8 Å². The van der Waals surface area contributed by atoms with Crippen molar-refractivity contribution in [3.8, 4) is 5.75 Å². The summed E-state index contributed by atoms with van der Waals surface area (Å²) in [6.07, 6.45) is 7.77. The van der Waals surface area contributed by atoms with Gasteiger partial charge in [0.1, 0.15) is 17.4 Å². The SMILES string of the molecule is CCCCCOC(=O)NC=CC[C@H]1C[C@@H](O)[C@@H](C)CCCCc2cccc(OC(=O)c3ccccc3)c2C(=O)O1. The molecule has 8 nitrogen and oxygen atoms in total. The van der Waals surface area contributed by atoms with Crippen molar-refractivity contribution in [1.29, 1.82) is 0 Å². The lowest BCUT2D eigenvalue weighted by atomic mass is 9.91. The molecule has 2 N–H and O–H groups in total. The van der Waals surface area contributed by atoms with E-state index in [0.717, 1.165) is 44.1 Å². The summed E-state index contributed by atoms with van der Waals surface area (Å²) >= 11 is 0. The number of ether oxygens (including phenoxy) is 3. The Kier molecular flexibility index (Phi) is 12.7. The first-order chi connectivity index (χ1) is 19.4. The molecule has 3 rings (SSSR count). The lowest BCUT2D eigenvalue weighted by Gasteiger charge is -2.25. The summed E-state index contributed by atoms with van der Waals surface area (Å²) in [6, 6.07) is 13.8. The molecule has 0 bridgehead atoms. The molecule has 1 aliphatic heterocycles. The van der Waals surface area contributed by atoms with E-state index >= 15 is 0 Å². The predicted molar refractivity (Wildman–Crippen MR) is 152 cm³/mol. The molecule has 2 aromatic rings. The number of nitrogens with one attached hydrogen (secondary N) is 1. The average Bonchev–Trinajstić information content (AvgIpc) is 2.95. The van der Waals surface area contributed by atoms with Gasteiger partial charge in [-0.3, -0.25) is 5.32 Å². The van der Waals surface area contributed by atoms with Crippen LogP contribution >= 0.6 is 0 Å². The van der Waals surface area contributed by atoms with Crippen LogP contribution in [0.15, 0.2) is 60.8 Å². The number of hydrogen-bond donors (Lipinski definition) is 2. The number of unbranched alkanes of at least 4 members (excludes halogenated alkanes) is 2. The molecule has 8 heteroatoms. The van der Waals surface area contributed by atoms with Gasteiger partial charge in [0.2, 0.25) is 0 Å². The maximum absolute atomic E-state index is 13.6. The number of alkyl carbamates (subject to hydrolysis) is 1. The Morgan fingerprint density at radius 1 is 1.10 bits per heavy atom. The van der Waals surface area contributed by atoms with Crippen molar-refractivity contribution < 1.29 is 33.7 Å². The minimum Gasteiger partial charge on any atom is -0.458 e. The van der Waals surface area contributed by atoms with Crippen LogP contribution in [0.25, 0.3) is 0 Å². The first-order valence-electron chi connectivity index (χ1n) is 14.3. The van der Waals surface area contributed by atoms with E-state index < -0.39 is 30.2 Å². The molecule has 0 saturated heterocycles. The van der Waals surface area contributed by atoms with Crippen molar-refractivity contribution in [2.75, 3.05) is 6.61 Å². The van der Waals surface area contributed by atoms with E-state index in [1.807, 2.05) is 13.0 Å². The van der Waals surface area contributed by atoms with Crippen LogP contribution in [0, 0.1) is 5.92 Å². The highest BCUT2D eigenvalue weighted by Crippen LogP contribution is 2.29. The zero-order valence-electron chi connectivity index (χ0n) is 23.5. The number of aliphatic hydroxyl groups is 1. The van der Waals surface area contributed by atoms with E-state index in [9.17, 15) is 19.5 Å². The third-order valence-corrected chi connectivity index (χ3v) is 7.02. The van der Waals surface area contributed by atoms with Crippen LogP contribution in [0.3, 0.4) is 0 Å². The molecule has 216 valence electrons. The van der Waals surface area contributed by atoms with Crippen molar-refractivity contribution in [3.05, 3.63) is 77.5 Å². The summed E-state index contributed by atoms with van der Waals surface area (Å²) in [5.41, 5.74) is 1.34. The minimum absolute atomic E-state index is 0.0402. The Balaban J connectivity index is 1.76. The predicted octanol–water partition coefficient (Wildman–Crippen LogP) is 6.36. The highest BCUT2D eigenvalue weighted by atomic mass is 16.6. The van der Waals surface area contributed by atoms with Gasteiger partial charge in [0, 0.05) is 19.0 Å². The van der Waals surface area contributed by atoms with Crippen molar-refractivity contribution in [3.63, 3.8) is 0 Å². The Hall–Kier alpha value is -3.65. The van der Waals surface area contributed by atoms with Gasteiger partial charge in [0.25, 0.3) is 0 Å². The van der Waals surface area contributed by atoms with Crippen LogP contribution in [-0.2, 0) is 15.9 Å². The molecule has 1 aliphatic rings. The highest BCUT2D eigenvalue weighted by molar-refractivity contribution is 5.97. The normalized spacial score (nSPS) is 20.0. The minimum atomic E-state index is -0.660. The molecule has 1 heterocycles. The fourth-order valence-electron chi connectivity index (χ4n) is 4.62. The van der Waals surface area contributed by atoms with Crippen LogP contribution in [0.2, 0.25) is 0 Å². The number of carbonyl (C=O) groups excluding carboxylic acids is 3. The lowest BCUT2D eigenvalue weighted by Crippen LogP contribution is -2.29. The molecule has 0 fully saturated rings. The Morgan fingerprint density at radius 2 is 1.90 bits per heavy atom. The summed E-state index contributed by atoms with van der Waals surface area (Å²) in [7, 11) is 0. The van der Waals surface area contributed by atoms with Gasteiger partial charge in [0.15, 0.2) is 0 Å². The van der Waals surface area contributed by atoms with Gasteiger partial charge in [0.05, 0.1) is 18.3 Å². The van der Waals surface area contributed by atoms with Crippen LogP contribution in [0.1, 0.15) is 91.5 Å². The molecular weight excluding hydrogens is 510 g/mol. The summed E-state index contributed by atoms with van der Waals surface area (Å²) in [4.78, 5) is 38.2. The second-order valence-electron chi connectivity index (χ2n) is 10.2. The number of esters is 2. The van der Waals surface area contributed by atoms with Gasteiger partial charge in [-0.1, -0.05) is 69.5 Å². The monoisotopic (exact) mass is 551 g/mol. The van der Waals surface area contributed by atoms with Crippen molar-refractivity contribution >= 4 is 18.0 Å².